The van der Waals surface area contributed by atoms with Crippen LogP contribution < -0.4 is 10.2 Å². The molecule has 5 heteroatoms. The number of nitrogens with one attached hydrogen (secondary N) is 1. The number of urea groups is 1. The molecular formula is C23H30FN3O. The lowest BCUT2D eigenvalue weighted by atomic mass is 9.87. The summed E-state index contributed by atoms with van der Waals surface area (Å²) in [6.45, 7) is 10.3. The summed E-state index contributed by atoms with van der Waals surface area (Å²) >= 11 is 0. The van der Waals surface area contributed by atoms with Gasteiger partial charge in [-0.2, -0.15) is 0 Å². The fraction of sp³-hybridized carbons (Fsp3) is 0.435. The van der Waals surface area contributed by atoms with Gasteiger partial charge in [0.15, 0.2) is 0 Å². The standard InChI is InChI=1S/C23H30FN3O/c1-23(2,3)19-6-10-21(11-7-19)26-14-16-27(17-15-26)22(28)25-13-12-18-4-8-20(24)9-5-18/h4-11H,12-17H2,1-3H3,(H,25,28). The predicted octanol–water partition coefficient (Wildman–Crippen LogP) is 4.20. The van der Waals surface area contributed by atoms with E-state index in [0.29, 0.717) is 26.1 Å². The first-order valence-electron chi connectivity index (χ1n) is 9.96. The summed E-state index contributed by atoms with van der Waals surface area (Å²) in [5.74, 6) is -0.237. The van der Waals surface area contributed by atoms with Crippen LogP contribution in [0.3, 0.4) is 0 Å². The molecule has 0 spiro atoms. The third kappa shape index (κ3) is 5.24. The van der Waals surface area contributed by atoms with Gasteiger partial charge in [-0.15, -0.1) is 0 Å². The molecule has 0 aromatic heterocycles. The van der Waals surface area contributed by atoms with Crippen LogP contribution in [0.4, 0.5) is 14.9 Å². The van der Waals surface area contributed by atoms with Gasteiger partial charge in [0.05, 0.1) is 0 Å². The number of amides is 2. The Hall–Kier alpha value is -2.56. The van der Waals surface area contributed by atoms with E-state index in [0.717, 1.165) is 18.7 Å². The molecular weight excluding hydrogens is 353 g/mol. The average molecular weight is 384 g/mol. The molecule has 28 heavy (non-hydrogen) atoms. The van der Waals surface area contributed by atoms with E-state index in [1.165, 1.54) is 23.4 Å². The summed E-state index contributed by atoms with van der Waals surface area (Å²) in [7, 11) is 0. The van der Waals surface area contributed by atoms with Gasteiger partial charge < -0.3 is 15.1 Å². The fourth-order valence-electron chi connectivity index (χ4n) is 3.42. The molecule has 1 fully saturated rings. The number of rotatable bonds is 4. The number of anilines is 1. The molecule has 1 aliphatic rings. The first-order valence-corrected chi connectivity index (χ1v) is 9.96. The SMILES string of the molecule is CC(C)(C)c1ccc(N2CCN(C(=O)NCCc3ccc(F)cc3)CC2)cc1. The van der Waals surface area contributed by atoms with Gasteiger partial charge in [-0.1, -0.05) is 45.0 Å². The van der Waals surface area contributed by atoms with Crippen LogP contribution in [0.5, 0.6) is 0 Å². The average Bonchev–Trinajstić information content (AvgIpc) is 2.69. The smallest absolute Gasteiger partial charge is 0.317 e. The number of nitrogens with zero attached hydrogens (tertiary/aromatic N) is 2. The lowest BCUT2D eigenvalue weighted by Crippen LogP contribution is -2.52. The molecule has 1 aliphatic heterocycles. The highest BCUT2D eigenvalue weighted by molar-refractivity contribution is 5.74. The van der Waals surface area contributed by atoms with Crippen molar-refractivity contribution in [2.45, 2.75) is 32.6 Å². The van der Waals surface area contributed by atoms with Gasteiger partial charge in [0.1, 0.15) is 5.82 Å². The quantitative estimate of drug-likeness (QED) is 0.859. The Morgan fingerprint density at radius 1 is 0.964 bits per heavy atom. The van der Waals surface area contributed by atoms with Crippen LogP contribution in [0.2, 0.25) is 0 Å². The fourth-order valence-corrected chi connectivity index (χ4v) is 3.42. The molecule has 0 unspecified atom stereocenters. The molecule has 0 saturated carbocycles. The van der Waals surface area contributed by atoms with Crippen molar-refractivity contribution >= 4 is 11.7 Å². The normalized spacial score (nSPS) is 14.9. The summed E-state index contributed by atoms with van der Waals surface area (Å²) in [5.41, 5.74) is 3.72. The van der Waals surface area contributed by atoms with Crippen LogP contribution in [-0.2, 0) is 11.8 Å². The molecule has 1 N–H and O–H groups in total. The highest BCUT2D eigenvalue weighted by Crippen LogP contribution is 2.25. The highest BCUT2D eigenvalue weighted by atomic mass is 19.1. The molecule has 3 rings (SSSR count). The van der Waals surface area contributed by atoms with Gasteiger partial charge in [-0.3, -0.25) is 0 Å². The Morgan fingerprint density at radius 3 is 2.14 bits per heavy atom. The number of carbonyl (C=O) groups is 1. The van der Waals surface area contributed by atoms with E-state index in [4.69, 9.17) is 0 Å². The van der Waals surface area contributed by atoms with E-state index in [2.05, 4.69) is 55.3 Å². The minimum absolute atomic E-state index is 0.0233. The summed E-state index contributed by atoms with van der Waals surface area (Å²) in [5, 5.41) is 2.97. The molecule has 0 aliphatic carbocycles. The van der Waals surface area contributed by atoms with Gasteiger partial charge in [-0.25, -0.2) is 9.18 Å². The molecule has 2 aromatic rings. The second-order valence-electron chi connectivity index (χ2n) is 8.38. The van der Waals surface area contributed by atoms with E-state index >= 15 is 0 Å². The van der Waals surface area contributed by atoms with Crippen molar-refractivity contribution < 1.29 is 9.18 Å². The number of hydrogen-bond donors (Lipinski definition) is 1. The van der Waals surface area contributed by atoms with E-state index < -0.39 is 0 Å². The van der Waals surface area contributed by atoms with Gasteiger partial charge >= 0.3 is 6.03 Å². The van der Waals surface area contributed by atoms with Crippen molar-refractivity contribution in [2.75, 3.05) is 37.6 Å². The van der Waals surface area contributed by atoms with Gasteiger partial charge in [0, 0.05) is 38.4 Å². The van der Waals surface area contributed by atoms with Gasteiger partial charge in [0.2, 0.25) is 0 Å². The zero-order chi connectivity index (χ0) is 20.1. The maximum atomic E-state index is 12.9. The van der Waals surface area contributed by atoms with Crippen LogP contribution in [0, 0.1) is 5.82 Å². The van der Waals surface area contributed by atoms with Crippen molar-refractivity contribution in [3.8, 4) is 0 Å². The third-order valence-electron chi connectivity index (χ3n) is 5.27. The lowest BCUT2D eigenvalue weighted by molar-refractivity contribution is 0.194. The number of halogens is 1. The summed E-state index contributed by atoms with van der Waals surface area (Å²) in [4.78, 5) is 16.6. The highest BCUT2D eigenvalue weighted by Gasteiger charge is 2.21. The van der Waals surface area contributed by atoms with Crippen LogP contribution >= 0.6 is 0 Å². The Balaban J connectivity index is 1.44. The molecule has 1 saturated heterocycles. The van der Waals surface area contributed by atoms with Crippen LogP contribution in [0.15, 0.2) is 48.5 Å². The second-order valence-corrected chi connectivity index (χ2v) is 8.38. The van der Waals surface area contributed by atoms with Crippen molar-refractivity contribution in [3.05, 3.63) is 65.5 Å². The third-order valence-corrected chi connectivity index (χ3v) is 5.27. The topological polar surface area (TPSA) is 35.6 Å². The van der Waals surface area contributed by atoms with E-state index in [9.17, 15) is 9.18 Å². The van der Waals surface area contributed by atoms with Crippen molar-refractivity contribution in [1.82, 2.24) is 10.2 Å². The Morgan fingerprint density at radius 2 is 1.57 bits per heavy atom. The molecule has 0 bridgehead atoms. The summed E-state index contributed by atoms with van der Waals surface area (Å²) < 4.78 is 12.9. The van der Waals surface area contributed by atoms with Crippen molar-refractivity contribution in [1.29, 1.82) is 0 Å². The number of benzene rings is 2. The van der Waals surface area contributed by atoms with Crippen molar-refractivity contribution in [3.63, 3.8) is 0 Å². The van der Waals surface area contributed by atoms with Crippen molar-refractivity contribution in [2.24, 2.45) is 0 Å². The second kappa shape index (κ2) is 8.63. The zero-order valence-electron chi connectivity index (χ0n) is 17.0. The zero-order valence-corrected chi connectivity index (χ0v) is 17.0. The Labute approximate surface area is 167 Å². The first-order chi connectivity index (χ1) is 13.3. The molecule has 0 atom stereocenters. The molecule has 0 radical (unpaired) electrons. The summed E-state index contributed by atoms with van der Waals surface area (Å²) in [6.07, 6.45) is 0.701. The number of carbonyl (C=O) groups excluding carboxylic acids is 1. The molecule has 4 nitrogen and oxygen atoms in total. The van der Waals surface area contributed by atoms with E-state index in [1.807, 2.05) is 4.90 Å². The molecule has 1 heterocycles. The van der Waals surface area contributed by atoms with Gasteiger partial charge in [-0.05, 0) is 47.2 Å². The van der Waals surface area contributed by atoms with Crippen LogP contribution in [0.25, 0.3) is 0 Å². The van der Waals surface area contributed by atoms with Crippen LogP contribution in [0.1, 0.15) is 31.9 Å². The number of piperazine rings is 1. The van der Waals surface area contributed by atoms with Gasteiger partial charge in [0.25, 0.3) is 0 Å². The Bertz CT molecular complexity index is 773. The number of hydrogen-bond acceptors (Lipinski definition) is 2. The van der Waals surface area contributed by atoms with E-state index in [1.54, 1.807) is 12.1 Å². The van der Waals surface area contributed by atoms with E-state index in [-0.39, 0.29) is 17.3 Å². The summed E-state index contributed by atoms with van der Waals surface area (Å²) in [6, 6.07) is 15.1. The molecule has 2 amide bonds. The minimum Gasteiger partial charge on any atom is -0.368 e. The maximum Gasteiger partial charge on any atom is 0.317 e. The van der Waals surface area contributed by atoms with Crippen LogP contribution in [-0.4, -0.2) is 43.7 Å². The predicted molar refractivity (Wildman–Crippen MR) is 112 cm³/mol. The molecule has 150 valence electrons. The lowest BCUT2D eigenvalue weighted by Gasteiger charge is -2.36. The molecule has 2 aromatic carbocycles. The Kier molecular flexibility index (Phi) is 6.22. The maximum absolute atomic E-state index is 12.9. The monoisotopic (exact) mass is 383 g/mol. The minimum atomic E-state index is -0.237. The first kappa shape index (κ1) is 20.2. The largest absolute Gasteiger partial charge is 0.368 e.